The van der Waals surface area contributed by atoms with E-state index in [1.807, 2.05) is 18.4 Å². The van der Waals surface area contributed by atoms with Crippen LogP contribution in [-0.4, -0.2) is 54.5 Å². The number of carboxylic acid groups (broad SMARTS) is 1. The monoisotopic (exact) mass is 461 g/mol. The maximum absolute atomic E-state index is 12.6. The predicted octanol–water partition coefficient (Wildman–Crippen LogP) is 4.12. The molecule has 8 nitrogen and oxygen atoms in total. The third kappa shape index (κ3) is 8.26. The van der Waals surface area contributed by atoms with Gasteiger partial charge < -0.3 is 24.4 Å². The summed E-state index contributed by atoms with van der Waals surface area (Å²) in [4.78, 5) is 24.7. The summed E-state index contributed by atoms with van der Waals surface area (Å²) < 4.78 is 16.7. The van der Waals surface area contributed by atoms with E-state index in [2.05, 4.69) is 5.32 Å². The lowest BCUT2D eigenvalue weighted by molar-refractivity contribution is -0.131. The second-order valence-corrected chi connectivity index (χ2v) is 7.32. The molecule has 2 rings (SSSR count). The first-order valence-electron chi connectivity index (χ1n) is 9.94. The number of ether oxygens (including phenoxy) is 3. The molecule has 0 unspecified atom stereocenters. The highest BCUT2D eigenvalue weighted by atomic mass is 32.2. The van der Waals surface area contributed by atoms with Crippen molar-refractivity contribution in [3.63, 3.8) is 0 Å². The number of carbonyl (C=O) groups is 2. The molecule has 0 aliphatic carbocycles. The zero-order chi connectivity index (χ0) is 23.3. The topological polar surface area (TPSA) is 114 Å². The highest BCUT2D eigenvalue weighted by molar-refractivity contribution is 7.98. The molecule has 0 bridgehead atoms. The van der Waals surface area contributed by atoms with Gasteiger partial charge in [0.1, 0.15) is 18.5 Å². The first-order valence-corrected chi connectivity index (χ1v) is 11.2. The normalized spacial score (nSPS) is 12.8. The molecular weight excluding hydrogens is 434 g/mol. The lowest BCUT2D eigenvalue weighted by atomic mass is 10.0. The van der Waals surface area contributed by atoms with E-state index in [0.717, 1.165) is 11.0 Å². The van der Waals surface area contributed by atoms with Crippen LogP contribution in [0, 0.1) is 0 Å². The Morgan fingerprint density at radius 1 is 1.12 bits per heavy atom. The molecule has 0 saturated heterocycles. The van der Waals surface area contributed by atoms with Crippen LogP contribution in [0.1, 0.15) is 18.6 Å². The number of hydrogen-bond acceptors (Lipinski definition) is 7. The van der Waals surface area contributed by atoms with E-state index < -0.39 is 24.3 Å². The first-order chi connectivity index (χ1) is 15.5. The molecule has 3 N–H and O–H groups in total. The van der Waals surface area contributed by atoms with Crippen molar-refractivity contribution >= 4 is 29.5 Å². The smallest absolute Gasteiger partial charge is 0.412 e. The molecule has 2 atom stereocenters. The Bertz CT molecular complexity index is 884. The molecule has 0 aliphatic heterocycles. The Balaban J connectivity index is 2.24. The largest absolute Gasteiger partial charge is 0.491 e. The molecule has 0 aliphatic rings. The van der Waals surface area contributed by atoms with Crippen LogP contribution in [0.3, 0.4) is 0 Å². The van der Waals surface area contributed by atoms with E-state index in [4.69, 9.17) is 24.4 Å². The number of carboxylic acids is 1. The Morgan fingerprint density at radius 3 is 2.38 bits per heavy atom. The molecule has 2 aromatic carbocycles. The van der Waals surface area contributed by atoms with Crippen molar-refractivity contribution in [3.8, 4) is 5.75 Å². The van der Waals surface area contributed by atoms with Gasteiger partial charge in [0.15, 0.2) is 6.10 Å². The number of benzene rings is 2. The number of aliphatic hydroxyl groups is 1. The quantitative estimate of drug-likeness (QED) is 0.320. The fourth-order valence-corrected chi connectivity index (χ4v) is 3.20. The van der Waals surface area contributed by atoms with Crippen LogP contribution in [0.5, 0.6) is 5.75 Å². The number of amides is 1. The number of carbonyl (C=O) groups excluding carboxylic acids is 1. The SMILES string of the molecule is CCO[C@@H](/C=C/C(=O)O)[C@@H](OC(=O)Nc1ccc(SC)cc1)c1ccc(OCCO)cc1. The highest BCUT2D eigenvalue weighted by Crippen LogP contribution is 2.28. The maximum Gasteiger partial charge on any atom is 0.412 e. The number of nitrogens with one attached hydrogen (secondary N) is 1. The van der Waals surface area contributed by atoms with Crippen LogP contribution in [0.2, 0.25) is 0 Å². The highest BCUT2D eigenvalue weighted by Gasteiger charge is 2.26. The van der Waals surface area contributed by atoms with E-state index in [9.17, 15) is 9.59 Å². The van der Waals surface area contributed by atoms with Gasteiger partial charge in [-0.25, -0.2) is 9.59 Å². The van der Waals surface area contributed by atoms with Crippen molar-refractivity contribution in [1.82, 2.24) is 0 Å². The molecule has 2 aromatic rings. The standard InChI is InChI=1S/C23H27NO7S/c1-3-29-20(12-13-21(26)27)22(16-4-8-18(9-5-16)30-15-14-25)31-23(28)24-17-6-10-19(32-2)11-7-17/h4-13,20,22,25H,3,14-15H2,1-2H3,(H,24,28)(H,26,27)/b13-12+/t20-,22-/m0/s1. The van der Waals surface area contributed by atoms with Crippen LogP contribution < -0.4 is 10.1 Å². The van der Waals surface area contributed by atoms with Crippen LogP contribution in [0.15, 0.2) is 65.6 Å². The van der Waals surface area contributed by atoms with E-state index in [0.29, 0.717) is 17.0 Å². The minimum atomic E-state index is -1.14. The summed E-state index contributed by atoms with van der Waals surface area (Å²) in [5.74, 6) is -0.603. The lowest BCUT2D eigenvalue weighted by Crippen LogP contribution is -2.27. The summed E-state index contributed by atoms with van der Waals surface area (Å²) in [6.45, 7) is 2.08. The van der Waals surface area contributed by atoms with Gasteiger partial charge in [0, 0.05) is 23.3 Å². The van der Waals surface area contributed by atoms with Crippen molar-refractivity contribution in [2.24, 2.45) is 0 Å². The van der Waals surface area contributed by atoms with Gasteiger partial charge in [-0.05, 0) is 61.2 Å². The van der Waals surface area contributed by atoms with Crippen LogP contribution >= 0.6 is 11.8 Å². The van der Waals surface area contributed by atoms with Gasteiger partial charge in [-0.2, -0.15) is 0 Å². The van der Waals surface area contributed by atoms with Crippen molar-refractivity contribution in [2.75, 3.05) is 31.4 Å². The molecule has 32 heavy (non-hydrogen) atoms. The fraction of sp³-hybridized carbons (Fsp3) is 0.304. The number of hydrogen-bond donors (Lipinski definition) is 3. The molecule has 1 amide bonds. The van der Waals surface area contributed by atoms with Crippen LogP contribution in [-0.2, 0) is 14.3 Å². The maximum atomic E-state index is 12.6. The molecule has 0 fully saturated rings. The van der Waals surface area contributed by atoms with Gasteiger partial charge in [-0.15, -0.1) is 11.8 Å². The van der Waals surface area contributed by atoms with E-state index in [1.165, 1.54) is 6.08 Å². The molecule has 9 heteroatoms. The predicted molar refractivity (Wildman–Crippen MR) is 122 cm³/mol. The van der Waals surface area contributed by atoms with E-state index in [-0.39, 0.29) is 19.8 Å². The molecule has 0 spiro atoms. The van der Waals surface area contributed by atoms with Crippen molar-refractivity contribution in [3.05, 3.63) is 66.2 Å². The number of aliphatic carboxylic acids is 1. The van der Waals surface area contributed by atoms with Gasteiger partial charge in [0.05, 0.1) is 6.61 Å². The average molecular weight is 462 g/mol. The van der Waals surface area contributed by atoms with Crippen LogP contribution in [0.4, 0.5) is 10.5 Å². The summed E-state index contributed by atoms with van der Waals surface area (Å²) in [5.41, 5.74) is 1.15. The second-order valence-electron chi connectivity index (χ2n) is 6.44. The van der Waals surface area contributed by atoms with Crippen molar-refractivity contribution < 1.29 is 34.0 Å². The molecule has 0 heterocycles. The molecule has 0 saturated carbocycles. The summed E-state index contributed by atoms with van der Waals surface area (Å²) in [6.07, 6.45) is 1.80. The van der Waals surface area contributed by atoms with E-state index in [1.54, 1.807) is 55.1 Å². The number of rotatable bonds is 12. The van der Waals surface area contributed by atoms with Crippen molar-refractivity contribution in [1.29, 1.82) is 0 Å². The van der Waals surface area contributed by atoms with E-state index >= 15 is 0 Å². The van der Waals surface area contributed by atoms with Gasteiger partial charge >= 0.3 is 12.1 Å². The van der Waals surface area contributed by atoms with Gasteiger partial charge in [-0.1, -0.05) is 12.1 Å². The lowest BCUT2D eigenvalue weighted by Gasteiger charge is -2.25. The summed E-state index contributed by atoms with van der Waals surface area (Å²) in [7, 11) is 0. The minimum Gasteiger partial charge on any atom is -0.491 e. The number of anilines is 1. The molecule has 172 valence electrons. The van der Waals surface area contributed by atoms with Gasteiger partial charge in [0.25, 0.3) is 0 Å². The Morgan fingerprint density at radius 2 is 1.81 bits per heavy atom. The van der Waals surface area contributed by atoms with Crippen molar-refractivity contribution in [2.45, 2.75) is 24.0 Å². The molecular formula is C23H27NO7S. The summed E-state index contributed by atoms with van der Waals surface area (Å²) in [5, 5.41) is 20.6. The summed E-state index contributed by atoms with van der Waals surface area (Å²) in [6, 6.07) is 14.0. The number of thioether (sulfide) groups is 1. The Labute approximate surface area is 191 Å². The zero-order valence-electron chi connectivity index (χ0n) is 17.9. The Kier molecular flexibility index (Phi) is 10.6. The van der Waals surface area contributed by atoms with Gasteiger partial charge in [0.2, 0.25) is 0 Å². The molecule has 0 aromatic heterocycles. The summed E-state index contributed by atoms with van der Waals surface area (Å²) >= 11 is 1.59. The second kappa shape index (κ2) is 13.4. The third-order valence-electron chi connectivity index (χ3n) is 4.23. The molecule has 0 radical (unpaired) electrons. The zero-order valence-corrected chi connectivity index (χ0v) is 18.7. The third-order valence-corrected chi connectivity index (χ3v) is 4.97. The minimum absolute atomic E-state index is 0.113. The average Bonchev–Trinajstić information content (AvgIpc) is 2.80. The number of aliphatic hydroxyl groups excluding tert-OH is 1. The fourth-order valence-electron chi connectivity index (χ4n) is 2.79. The first kappa shape index (κ1) is 25.3. The van der Waals surface area contributed by atoms with Crippen LogP contribution in [0.25, 0.3) is 0 Å². The Hall–Kier alpha value is -3.01. The van der Waals surface area contributed by atoms with Gasteiger partial charge in [-0.3, -0.25) is 5.32 Å².